The summed E-state index contributed by atoms with van der Waals surface area (Å²) in [5.41, 5.74) is 0.151. The molecule has 1 aromatic heterocycles. The summed E-state index contributed by atoms with van der Waals surface area (Å²) in [6, 6.07) is 0. The van der Waals surface area contributed by atoms with E-state index in [4.69, 9.17) is 18.7 Å². The summed E-state index contributed by atoms with van der Waals surface area (Å²) >= 11 is 0. The number of nitrogens with zero attached hydrogens (tertiary/aromatic N) is 2. The molecule has 22 heavy (non-hydrogen) atoms. The molecule has 0 aromatic carbocycles. The number of morpholine rings is 1. The number of amides is 1. The van der Waals surface area contributed by atoms with E-state index < -0.39 is 11.2 Å². The lowest BCUT2D eigenvalue weighted by atomic mass is 9.94. The zero-order valence-electron chi connectivity index (χ0n) is 13.3. The van der Waals surface area contributed by atoms with Crippen molar-refractivity contribution < 1.29 is 23.5 Å². The van der Waals surface area contributed by atoms with E-state index in [1.165, 1.54) is 6.26 Å². The van der Waals surface area contributed by atoms with E-state index in [1.807, 2.05) is 18.7 Å². The van der Waals surface area contributed by atoms with Crippen molar-refractivity contribution in [3.8, 4) is 0 Å². The minimum Gasteiger partial charge on any atom is -0.378 e. The molecule has 0 bridgehead atoms. The number of methoxy groups -OCH3 is 1. The van der Waals surface area contributed by atoms with Crippen LogP contribution in [0.1, 0.15) is 36.3 Å². The maximum absolute atomic E-state index is 12.9. The van der Waals surface area contributed by atoms with E-state index in [0.29, 0.717) is 37.6 Å². The van der Waals surface area contributed by atoms with Gasteiger partial charge in [0.25, 0.3) is 5.91 Å². The Morgan fingerprint density at radius 2 is 2.27 bits per heavy atom. The van der Waals surface area contributed by atoms with E-state index in [0.717, 1.165) is 6.42 Å². The molecule has 7 heteroatoms. The van der Waals surface area contributed by atoms with Gasteiger partial charge >= 0.3 is 0 Å². The summed E-state index contributed by atoms with van der Waals surface area (Å²) in [6.45, 7) is 6.47. The number of rotatable bonds is 3. The van der Waals surface area contributed by atoms with Gasteiger partial charge in [-0.2, -0.15) is 0 Å². The summed E-state index contributed by atoms with van der Waals surface area (Å²) in [7, 11) is 1.56. The van der Waals surface area contributed by atoms with Crippen molar-refractivity contribution in [2.45, 2.75) is 38.1 Å². The normalized spacial score (nSPS) is 27.5. The van der Waals surface area contributed by atoms with Gasteiger partial charge in [0.15, 0.2) is 0 Å². The molecule has 2 aliphatic heterocycles. The molecule has 0 aliphatic carbocycles. The fourth-order valence-corrected chi connectivity index (χ4v) is 3.30. The van der Waals surface area contributed by atoms with Gasteiger partial charge in [0, 0.05) is 26.7 Å². The van der Waals surface area contributed by atoms with Crippen LogP contribution < -0.4 is 0 Å². The predicted octanol–water partition coefficient (Wildman–Crippen LogP) is 1.23. The minimum absolute atomic E-state index is 0.101. The molecule has 1 aromatic rings. The summed E-state index contributed by atoms with van der Waals surface area (Å²) in [5, 5.41) is 3.84. The third-order valence-electron chi connectivity index (χ3n) is 4.05. The lowest BCUT2D eigenvalue weighted by molar-refractivity contribution is -0.186. The number of ether oxygens (including phenoxy) is 3. The molecule has 3 heterocycles. The molecule has 7 nitrogen and oxygen atoms in total. The van der Waals surface area contributed by atoms with Crippen LogP contribution in [0.15, 0.2) is 10.8 Å². The lowest BCUT2D eigenvalue weighted by Crippen LogP contribution is -2.61. The molecular formula is C15H22N2O5. The highest BCUT2D eigenvalue weighted by molar-refractivity contribution is 5.95. The third-order valence-corrected chi connectivity index (χ3v) is 4.05. The van der Waals surface area contributed by atoms with Crippen molar-refractivity contribution in [1.29, 1.82) is 0 Å². The number of hydrogen-bond donors (Lipinski definition) is 0. The Bertz CT molecular complexity index is 548. The topological polar surface area (TPSA) is 74.0 Å². The zero-order chi connectivity index (χ0) is 15.8. The molecular weight excluding hydrogens is 288 g/mol. The Morgan fingerprint density at radius 3 is 2.95 bits per heavy atom. The molecule has 2 saturated heterocycles. The van der Waals surface area contributed by atoms with Gasteiger partial charge in [-0.3, -0.25) is 4.79 Å². The van der Waals surface area contributed by atoms with Crippen molar-refractivity contribution in [2.24, 2.45) is 0 Å². The van der Waals surface area contributed by atoms with Crippen LogP contribution in [0.2, 0.25) is 0 Å². The van der Waals surface area contributed by atoms with Crippen LogP contribution in [0, 0.1) is 0 Å². The molecule has 0 N–H and O–H groups in total. The van der Waals surface area contributed by atoms with Crippen LogP contribution in [0.25, 0.3) is 0 Å². The number of carbonyl (C=O) groups excluding carboxylic acids is 1. The highest BCUT2D eigenvalue weighted by Gasteiger charge is 2.48. The Kier molecular flexibility index (Phi) is 3.96. The first-order chi connectivity index (χ1) is 10.4. The minimum atomic E-state index is -0.416. The van der Waals surface area contributed by atoms with E-state index >= 15 is 0 Å². The van der Waals surface area contributed by atoms with Crippen molar-refractivity contribution >= 4 is 5.91 Å². The Labute approximate surface area is 129 Å². The van der Waals surface area contributed by atoms with E-state index in [-0.39, 0.29) is 12.5 Å². The van der Waals surface area contributed by atoms with Gasteiger partial charge in [-0.1, -0.05) is 5.16 Å². The van der Waals surface area contributed by atoms with Gasteiger partial charge < -0.3 is 23.6 Å². The molecule has 3 rings (SSSR count). The maximum atomic E-state index is 12.9. The van der Waals surface area contributed by atoms with Gasteiger partial charge in [-0.05, 0) is 13.8 Å². The second kappa shape index (κ2) is 5.64. The van der Waals surface area contributed by atoms with Crippen LogP contribution in [0.4, 0.5) is 0 Å². The van der Waals surface area contributed by atoms with Crippen LogP contribution >= 0.6 is 0 Å². The molecule has 2 aliphatic rings. The quantitative estimate of drug-likeness (QED) is 0.836. The van der Waals surface area contributed by atoms with Crippen LogP contribution in [0.3, 0.4) is 0 Å². The second-order valence-electron chi connectivity index (χ2n) is 6.62. The van der Waals surface area contributed by atoms with E-state index in [2.05, 4.69) is 5.16 Å². The number of hydrogen-bond acceptors (Lipinski definition) is 6. The number of carbonyl (C=O) groups is 1. The fourth-order valence-electron chi connectivity index (χ4n) is 3.30. The van der Waals surface area contributed by atoms with Crippen LogP contribution in [-0.4, -0.2) is 60.6 Å². The molecule has 122 valence electrons. The molecule has 1 spiro atoms. The van der Waals surface area contributed by atoms with Gasteiger partial charge in [0.2, 0.25) is 0 Å². The van der Waals surface area contributed by atoms with E-state index in [1.54, 1.807) is 7.11 Å². The average Bonchev–Trinajstić information content (AvgIpc) is 3.06. The lowest BCUT2D eigenvalue weighted by Gasteiger charge is -2.47. The van der Waals surface area contributed by atoms with Gasteiger partial charge in [0.05, 0.1) is 25.4 Å². The Morgan fingerprint density at radius 1 is 1.45 bits per heavy atom. The molecule has 1 atom stereocenters. The van der Waals surface area contributed by atoms with Crippen molar-refractivity contribution in [2.75, 3.05) is 33.4 Å². The van der Waals surface area contributed by atoms with Crippen LogP contribution in [0.5, 0.6) is 0 Å². The largest absolute Gasteiger partial charge is 0.378 e. The molecule has 2 fully saturated rings. The number of aromatic nitrogens is 1. The molecule has 0 saturated carbocycles. The monoisotopic (exact) mass is 310 g/mol. The summed E-state index contributed by atoms with van der Waals surface area (Å²) in [5.74, 6) is -0.101. The maximum Gasteiger partial charge on any atom is 0.259 e. The summed E-state index contributed by atoms with van der Waals surface area (Å²) in [4.78, 5) is 14.7. The molecule has 1 amide bonds. The smallest absolute Gasteiger partial charge is 0.259 e. The van der Waals surface area contributed by atoms with Crippen LogP contribution in [-0.2, 0) is 20.8 Å². The predicted molar refractivity (Wildman–Crippen MR) is 76.5 cm³/mol. The Hall–Kier alpha value is -1.44. The van der Waals surface area contributed by atoms with Gasteiger partial charge in [-0.25, -0.2) is 0 Å². The van der Waals surface area contributed by atoms with Gasteiger partial charge in [-0.15, -0.1) is 0 Å². The summed E-state index contributed by atoms with van der Waals surface area (Å²) in [6.07, 6.45) is 2.19. The first kappa shape index (κ1) is 15.5. The first-order valence-corrected chi connectivity index (χ1v) is 7.44. The zero-order valence-corrected chi connectivity index (χ0v) is 13.3. The molecule has 1 unspecified atom stereocenters. The Balaban J connectivity index is 1.83. The van der Waals surface area contributed by atoms with E-state index in [9.17, 15) is 4.79 Å². The highest BCUT2D eigenvalue weighted by Crippen LogP contribution is 2.35. The third kappa shape index (κ3) is 2.88. The standard InChI is InChI=1S/C15H22N2O5/c1-14(2)8-17(9-15(22-14)4-5-20-10-15)13(18)11-6-21-16-12(11)7-19-3/h6H,4-5,7-10H2,1-3H3. The van der Waals surface area contributed by atoms with Crippen molar-refractivity contribution in [3.05, 3.63) is 17.5 Å². The summed E-state index contributed by atoms with van der Waals surface area (Å²) < 4.78 is 21.7. The van der Waals surface area contributed by atoms with Gasteiger partial charge in [0.1, 0.15) is 23.1 Å². The first-order valence-electron chi connectivity index (χ1n) is 7.44. The molecule has 0 radical (unpaired) electrons. The van der Waals surface area contributed by atoms with Crippen molar-refractivity contribution in [1.82, 2.24) is 10.1 Å². The second-order valence-corrected chi connectivity index (χ2v) is 6.62. The SMILES string of the molecule is COCc1nocc1C(=O)N1CC(C)(C)OC2(CCOC2)C1. The fraction of sp³-hybridized carbons (Fsp3) is 0.733. The van der Waals surface area contributed by atoms with Crippen molar-refractivity contribution in [3.63, 3.8) is 0 Å². The highest BCUT2D eigenvalue weighted by atomic mass is 16.6. The average molecular weight is 310 g/mol.